The Morgan fingerprint density at radius 2 is 1.43 bits per heavy atom. The van der Waals surface area contributed by atoms with Crippen LogP contribution in [0, 0.1) is 0 Å². The first-order valence-electron chi connectivity index (χ1n) is 4.13. The van der Waals surface area contributed by atoms with Crippen molar-refractivity contribution in [3.8, 4) is 17.2 Å². The van der Waals surface area contributed by atoms with Crippen LogP contribution < -0.4 is 14.2 Å². The molecule has 0 atom stereocenters. The minimum Gasteiger partial charge on any atom is -0.496 e. The lowest BCUT2D eigenvalue weighted by Crippen LogP contribution is -1.96. The van der Waals surface area contributed by atoms with Gasteiger partial charge >= 0.3 is 0 Å². The number of hydrogen-bond donors (Lipinski definition) is 0. The van der Waals surface area contributed by atoms with Crippen LogP contribution in [0.2, 0.25) is 0 Å². The number of rotatable bonds is 4. The fourth-order valence-electron chi connectivity index (χ4n) is 1.21. The number of methoxy groups -OCH3 is 3. The van der Waals surface area contributed by atoms with Gasteiger partial charge in [-0.2, -0.15) is 0 Å². The summed E-state index contributed by atoms with van der Waals surface area (Å²) in [6.45, 7) is -0.344. The highest BCUT2D eigenvalue weighted by Crippen LogP contribution is 2.34. The normalized spacial score (nSPS) is 9.71. The molecule has 0 heterocycles. The maximum atomic E-state index is 10.8. The summed E-state index contributed by atoms with van der Waals surface area (Å²) >= 11 is 0. The Morgan fingerprint density at radius 1 is 0.929 bits per heavy atom. The van der Waals surface area contributed by atoms with Crippen molar-refractivity contribution in [1.82, 2.24) is 0 Å². The molecule has 1 radical (unpaired) electrons. The SMILES string of the molecule is COc1cc(OC)c(OC)cc1C[O]. The van der Waals surface area contributed by atoms with Crippen molar-refractivity contribution in [3.05, 3.63) is 17.7 Å². The molecule has 1 rings (SSSR count). The first-order chi connectivity index (χ1) is 6.76. The minimum atomic E-state index is -0.344. The van der Waals surface area contributed by atoms with E-state index in [2.05, 4.69) is 0 Å². The zero-order valence-corrected chi connectivity index (χ0v) is 8.49. The van der Waals surface area contributed by atoms with Gasteiger partial charge in [0.05, 0.1) is 21.3 Å². The summed E-state index contributed by atoms with van der Waals surface area (Å²) in [6, 6.07) is 3.27. The summed E-state index contributed by atoms with van der Waals surface area (Å²) in [5.41, 5.74) is 0.560. The van der Waals surface area contributed by atoms with E-state index in [0.717, 1.165) is 0 Å². The van der Waals surface area contributed by atoms with Gasteiger partial charge in [-0.05, 0) is 6.07 Å². The van der Waals surface area contributed by atoms with Crippen molar-refractivity contribution in [1.29, 1.82) is 0 Å². The van der Waals surface area contributed by atoms with Crippen molar-refractivity contribution in [2.24, 2.45) is 0 Å². The molecule has 0 N–H and O–H groups in total. The third-order valence-electron chi connectivity index (χ3n) is 1.94. The third-order valence-corrected chi connectivity index (χ3v) is 1.94. The quantitative estimate of drug-likeness (QED) is 0.737. The first-order valence-corrected chi connectivity index (χ1v) is 4.13. The number of hydrogen-bond acceptors (Lipinski definition) is 3. The summed E-state index contributed by atoms with van der Waals surface area (Å²) in [4.78, 5) is 0. The van der Waals surface area contributed by atoms with Crippen LogP contribution in [0.5, 0.6) is 17.2 Å². The van der Waals surface area contributed by atoms with E-state index in [0.29, 0.717) is 22.8 Å². The maximum absolute atomic E-state index is 10.8. The van der Waals surface area contributed by atoms with Crippen molar-refractivity contribution >= 4 is 0 Å². The molecule has 14 heavy (non-hydrogen) atoms. The standard InChI is InChI=1S/C10H13O4/c1-12-8-5-10(14-3)9(13-2)4-7(8)6-11/h4-5H,6H2,1-3H3. The molecule has 77 valence electrons. The molecule has 4 heteroatoms. The highest BCUT2D eigenvalue weighted by atomic mass is 16.5. The second-order valence-corrected chi connectivity index (χ2v) is 2.66. The highest BCUT2D eigenvalue weighted by molar-refractivity contribution is 5.50. The van der Waals surface area contributed by atoms with Crippen LogP contribution in [0.4, 0.5) is 0 Å². The molecule has 0 unspecified atom stereocenters. The van der Waals surface area contributed by atoms with Crippen LogP contribution in [0.1, 0.15) is 5.56 Å². The van der Waals surface area contributed by atoms with E-state index in [1.807, 2.05) is 0 Å². The second-order valence-electron chi connectivity index (χ2n) is 2.66. The van der Waals surface area contributed by atoms with Gasteiger partial charge < -0.3 is 14.2 Å². The van der Waals surface area contributed by atoms with Gasteiger partial charge in [0.15, 0.2) is 11.5 Å². The predicted octanol–water partition coefficient (Wildman–Crippen LogP) is 1.64. The van der Waals surface area contributed by atoms with E-state index < -0.39 is 0 Å². The largest absolute Gasteiger partial charge is 0.496 e. The molecule has 0 aliphatic rings. The molecular weight excluding hydrogens is 184 g/mol. The van der Waals surface area contributed by atoms with E-state index in [1.165, 1.54) is 21.3 Å². The van der Waals surface area contributed by atoms with Crippen LogP contribution >= 0.6 is 0 Å². The molecule has 0 saturated carbocycles. The Morgan fingerprint density at radius 3 is 1.86 bits per heavy atom. The molecular formula is C10H13O4. The van der Waals surface area contributed by atoms with Crippen molar-refractivity contribution in [3.63, 3.8) is 0 Å². The van der Waals surface area contributed by atoms with Gasteiger partial charge in [-0.15, -0.1) is 0 Å². The molecule has 4 nitrogen and oxygen atoms in total. The maximum Gasteiger partial charge on any atom is 0.164 e. The van der Waals surface area contributed by atoms with Crippen LogP contribution in [0.15, 0.2) is 12.1 Å². The Hall–Kier alpha value is -1.42. The highest BCUT2D eigenvalue weighted by Gasteiger charge is 2.10. The topological polar surface area (TPSA) is 47.6 Å². The molecule has 0 aliphatic heterocycles. The van der Waals surface area contributed by atoms with Gasteiger partial charge in [-0.3, -0.25) is 0 Å². The molecule has 0 amide bonds. The summed E-state index contributed by atoms with van der Waals surface area (Å²) < 4.78 is 15.2. The van der Waals surface area contributed by atoms with E-state index in [4.69, 9.17) is 14.2 Å². The summed E-state index contributed by atoms with van der Waals surface area (Å²) in [5, 5.41) is 10.8. The average molecular weight is 197 g/mol. The fourth-order valence-corrected chi connectivity index (χ4v) is 1.21. The minimum absolute atomic E-state index is 0.344. The van der Waals surface area contributed by atoms with Crippen molar-refractivity contribution in [2.75, 3.05) is 21.3 Å². The summed E-state index contributed by atoms with van der Waals surface area (Å²) in [5.74, 6) is 1.62. The third kappa shape index (κ3) is 1.90. The zero-order valence-electron chi connectivity index (χ0n) is 8.49. The zero-order chi connectivity index (χ0) is 10.6. The monoisotopic (exact) mass is 197 g/mol. The van der Waals surface area contributed by atoms with Gasteiger partial charge in [-0.1, -0.05) is 0 Å². The van der Waals surface area contributed by atoms with Crippen LogP contribution in [-0.4, -0.2) is 21.3 Å². The van der Waals surface area contributed by atoms with Gasteiger partial charge in [0.2, 0.25) is 0 Å². The molecule has 0 saturated heterocycles. The molecule has 0 bridgehead atoms. The number of benzene rings is 1. The first kappa shape index (κ1) is 10.7. The molecule has 1 aromatic carbocycles. The second kappa shape index (κ2) is 4.72. The molecule has 0 aromatic heterocycles. The Kier molecular flexibility index (Phi) is 3.59. The number of ether oxygens (including phenoxy) is 3. The van der Waals surface area contributed by atoms with Gasteiger partial charge in [-0.25, -0.2) is 5.11 Å². The summed E-state index contributed by atoms with van der Waals surface area (Å²) in [7, 11) is 4.58. The van der Waals surface area contributed by atoms with Gasteiger partial charge in [0, 0.05) is 11.6 Å². The lowest BCUT2D eigenvalue weighted by atomic mass is 10.2. The van der Waals surface area contributed by atoms with Gasteiger partial charge in [0.1, 0.15) is 12.4 Å². The fraction of sp³-hybridized carbons (Fsp3) is 0.400. The Bertz CT molecular complexity index is 251. The lowest BCUT2D eigenvalue weighted by molar-refractivity contribution is 0.173. The van der Waals surface area contributed by atoms with Crippen molar-refractivity contribution in [2.45, 2.75) is 6.61 Å². The van der Waals surface area contributed by atoms with Crippen LogP contribution in [-0.2, 0) is 11.7 Å². The van der Waals surface area contributed by atoms with Crippen molar-refractivity contribution < 1.29 is 19.3 Å². The van der Waals surface area contributed by atoms with E-state index >= 15 is 0 Å². The van der Waals surface area contributed by atoms with E-state index in [-0.39, 0.29) is 6.61 Å². The molecule has 0 aliphatic carbocycles. The average Bonchev–Trinajstić information content (AvgIpc) is 2.26. The molecule has 1 aromatic rings. The molecule has 0 fully saturated rings. The Labute approximate surface area is 83.0 Å². The predicted molar refractivity (Wildman–Crippen MR) is 50.5 cm³/mol. The molecule has 0 spiro atoms. The summed E-state index contributed by atoms with van der Waals surface area (Å²) in [6.07, 6.45) is 0. The lowest BCUT2D eigenvalue weighted by Gasteiger charge is -2.12. The van der Waals surface area contributed by atoms with Crippen LogP contribution in [0.25, 0.3) is 0 Å². The van der Waals surface area contributed by atoms with Gasteiger partial charge in [0.25, 0.3) is 0 Å². The van der Waals surface area contributed by atoms with E-state index in [9.17, 15) is 5.11 Å². The van der Waals surface area contributed by atoms with E-state index in [1.54, 1.807) is 12.1 Å². The smallest absolute Gasteiger partial charge is 0.164 e. The Balaban J connectivity index is 3.20. The van der Waals surface area contributed by atoms with Crippen LogP contribution in [0.3, 0.4) is 0 Å².